The third kappa shape index (κ3) is 2.14. The van der Waals surface area contributed by atoms with Crippen LogP contribution in [0, 0.1) is 0 Å². The fraction of sp³-hybridized carbons (Fsp3) is 1.00. The Hall–Kier alpha value is -0.300. The van der Waals surface area contributed by atoms with Gasteiger partial charge in [-0.1, -0.05) is 0 Å². The molecule has 7 heteroatoms. The van der Waals surface area contributed by atoms with Gasteiger partial charge in [-0.05, 0) is 6.85 Å². The average molecular weight is 183 g/mol. The van der Waals surface area contributed by atoms with Crippen molar-refractivity contribution in [2.75, 3.05) is 6.56 Å². The minimum atomic E-state index is -6.27. The van der Waals surface area contributed by atoms with Crippen LogP contribution in [0.25, 0.3) is 0 Å². The molecule has 0 aliphatic heterocycles. The number of hydrogen-bond acceptors (Lipinski definition) is 3. The summed E-state index contributed by atoms with van der Waals surface area (Å²) in [5.41, 5.74) is -5.87. The molecule has 0 radical (unpaired) electrons. The van der Waals surface area contributed by atoms with Gasteiger partial charge in [-0.3, -0.25) is 4.18 Å². The average Bonchev–Trinajstić information content (AvgIpc) is 1.77. The van der Waals surface area contributed by atoms with Gasteiger partial charge in [0.2, 0.25) is 0 Å². The normalized spacial score (nSPS) is 23.7. The SMILES string of the molecule is [2H]C([2H])([2H])C([2H])([2H])OS(=O)(=O)C(F)(F)F. The molecule has 0 unspecified atom stereocenters. The Bertz CT molecular complexity index is 330. The lowest BCUT2D eigenvalue weighted by atomic mass is 10.9. The summed E-state index contributed by atoms with van der Waals surface area (Å²) in [6.07, 6.45) is 0. The van der Waals surface area contributed by atoms with Crippen LogP contribution >= 0.6 is 0 Å². The van der Waals surface area contributed by atoms with Gasteiger partial charge in [0.1, 0.15) is 0 Å². The number of alkyl halides is 3. The molecule has 0 amide bonds. The highest BCUT2D eigenvalue weighted by molar-refractivity contribution is 7.87. The van der Waals surface area contributed by atoms with Gasteiger partial charge in [0, 0.05) is 4.11 Å². The van der Waals surface area contributed by atoms with E-state index in [1.54, 1.807) is 0 Å². The van der Waals surface area contributed by atoms with Crippen molar-refractivity contribution in [3.05, 3.63) is 0 Å². The summed E-state index contributed by atoms with van der Waals surface area (Å²) in [7, 11) is -6.27. The molecular weight excluding hydrogens is 173 g/mol. The van der Waals surface area contributed by atoms with E-state index >= 15 is 0 Å². The van der Waals surface area contributed by atoms with Crippen molar-refractivity contribution >= 4 is 10.1 Å². The van der Waals surface area contributed by atoms with Crippen LogP contribution in [0.1, 0.15) is 13.7 Å². The molecule has 0 aromatic rings. The standard InChI is InChI=1S/C3H5F3O3S/c1-2-9-10(7,8)3(4,5)6/h2H2,1H3/i1D3,2D2. The molecule has 0 spiro atoms. The van der Waals surface area contributed by atoms with Crippen LogP contribution in [-0.4, -0.2) is 20.5 Å². The van der Waals surface area contributed by atoms with E-state index in [2.05, 4.69) is 4.18 Å². The van der Waals surface area contributed by atoms with Crippen molar-refractivity contribution in [3.63, 3.8) is 0 Å². The van der Waals surface area contributed by atoms with Crippen LogP contribution in [0.5, 0.6) is 0 Å². The Labute approximate surface area is 62.9 Å². The van der Waals surface area contributed by atoms with Crippen molar-refractivity contribution in [1.82, 2.24) is 0 Å². The van der Waals surface area contributed by atoms with Gasteiger partial charge in [0.05, 0.1) is 9.30 Å². The summed E-state index contributed by atoms with van der Waals surface area (Å²) in [5, 5.41) is 0. The molecule has 3 nitrogen and oxygen atoms in total. The predicted molar refractivity (Wildman–Crippen MR) is 26.6 cm³/mol. The van der Waals surface area contributed by atoms with Crippen molar-refractivity contribution in [2.24, 2.45) is 0 Å². The van der Waals surface area contributed by atoms with Crippen LogP contribution in [0.15, 0.2) is 0 Å². The fourth-order valence-electron chi connectivity index (χ4n) is 0.102. The summed E-state index contributed by atoms with van der Waals surface area (Å²) in [5.74, 6) is 0. The molecule has 0 bridgehead atoms. The molecule has 0 atom stereocenters. The molecule has 0 rings (SSSR count). The summed E-state index contributed by atoms with van der Waals surface area (Å²) in [4.78, 5) is 0. The first-order chi connectivity index (χ1) is 6.21. The van der Waals surface area contributed by atoms with E-state index in [4.69, 9.17) is 6.85 Å². The van der Waals surface area contributed by atoms with E-state index < -0.39 is 29.0 Å². The maximum Gasteiger partial charge on any atom is 0.523 e. The number of halogens is 3. The predicted octanol–water partition coefficient (Wildman–Crippen LogP) is 0.873. The van der Waals surface area contributed by atoms with Crippen LogP contribution in [-0.2, 0) is 14.3 Å². The maximum absolute atomic E-state index is 11.7. The summed E-state index contributed by atoms with van der Waals surface area (Å²) in [6.45, 7) is -7.58. The second-order valence-corrected chi connectivity index (χ2v) is 2.62. The number of hydrogen-bond donors (Lipinski definition) is 0. The highest BCUT2D eigenvalue weighted by atomic mass is 32.2. The molecule has 0 N–H and O–H groups in total. The van der Waals surface area contributed by atoms with E-state index in [1.807, 2.05) is 0 Å². The van der Waals surface area contributed by atoms with Crippen molar-refractivity contribution in [1.29, 1.82) is 0 Å². The quantitative estimate of drug-likeness (QED) is 0.471. The molecule has 0 saturated carbocycles. The Morgan fingerprint density at radius 2 is 2.20 bits per heavy atom. The molecular formula is C3H5F3O3S. The van der Waals surface area contributed by atoms with Gasteiger partial charge in [-0.15, -0.1) is 0 Å². The zero-order valence-corrected chi connectivity index (χ0v) is 5.08. The minimum absolute atomic E-state index is 2.97. The fourth-order valence-corrected chi connectivity index (χ4v) is 0.306. The van der Waals surface area contributed by atoms with E-state index in [-0.39, 0.29) is 0 Å². The van der Waals surface area contributed by atoms with Gasteiger partial charge in [0.25, 0.3) is 0 Å². The lowest BCUT2D eigenvalue weighted by Gasteiger charge is -2.05. The Balaban J connectivity index is 5.08. The second-order valence-electron chi connectivity index (χ2n) is 1.09. The third-order valence-electron chi connectivity index (χ3n) is 0.435. The summed E-state index contributed by atoms with van der Waals surface area (Å²) < 4.78 is 90.9. The summed E-state index contributed by atoms with van der Waals surface area (Å²) in [6, 6.07) is 0. The van der Waals surface area contributed by atoms with Gasteiger partial charge in [-0.2, -0.15) is 21.6 Å². The molecule has 0 saturated heterocycles. The molecule has 0 fully saturated rings. The minimum Gasteiger partial charge on any atom is -0.263 e. The van der Waals surface area contributed by atoms with Crippen molar-refractivity contribution in [3.8, 4) is 0 Å². The first-order valence-corrected chi connectivity index (χ1v) is 3.13. The lowest BCUT2D eigenvalue weighted by Crippen LogP contribution is -2.25. The van der Waals surface area contributed by atoms with Gasteiger partial charge in [0.15, 0.2) is 0 Å². The van der Waals surface area contributed by atoms with E-state index in [1.165, 1.54) is 0 Å². The lowest BCUT2D eigenvalue weighted by molar-refractivity contribution is -0.0539. The Kier molecular flexibility index (Phi) is 1.08. The molecule has 10 heavy (non-hydrogen) atoms. The van der Waals surface area contributed by atoms with Crippen molar-refractivity contribution in [2.45, 2.75) is 12.4 Å². The first-order valence-electron chi connectivity index (χ1n) is 4.23. The molecule has 0 aromatic carbocycles. The molecule has 0 aromatic heterocycles. The van der Waals surface area contributed by atoms with Gasteiger partial charge < -0.3 is 0 Å². The van der Waals surface area contributed by atoms with Gasteiger partial charge in [-0.25, -0.2) is 0 Å². The Morgan fingerprint density at radius 3 is 2.50 bits per heavy atom. The van der Waals surface area contributed by atoms with Crippen LogP contribution in [0.2, 0.25) is 0 Å². The Morgan fingerprint density at radius 1 is 1.70 bits per heavy atom. The first kappa shape index (κ1) is 3.91. The van der Waals surface area contributed by atoms with E-state index in [9.17, 15) is 21.6 Å². The summed E-state index contributed by atoms with van der Waals surface area (Å²) >= 11 is 0. The van der Waals surface area contributed by atoms with Gasteiger partial charge >= 0.3 is 15.6 Å². The van der Waals surface area contributed by atoms with Crippen LogP contribution < -0.4 is 0 Å². The highest BCUT2D eigenvalue weighted by Gasteiger charge is 2.46. The van der Waals surface area contributed by atoms with E-state index in [0.717, 1.165) is 0 Å². The maximum atomic E-state index is 11.7. The zero-order chi connectivity index (χ0) is 12.7. The smallest absolute Gasteiger partial charge is 0.263 e. The molecule has 0 aliphatic rings. The van der Waals surface area contributed by atoms with Crippen LogP contribution in [0.3, 0.4) is 0 Å². The van der Waals surface area contributed by atoms with Crippen LogP contribution in [0.4, 0.5) is 13.2 Å². The van der Waals surface area contributed by atoms with Crippen molar-refractivity contribution < 1.29 is 32.6 Å². The third-order valence-corrected chi connectivity index (χ3v) is 1.30. The number of rotatable bonds is 2. The second kappa shape index (κ2) is 2.75. The largest absolute Gasteiger partial charge is 0.523 e. The molecule has 0 heterocycles. The molecule has 62 valence electrons. The zero-order valence-electron chi connectivity index (χ0n) is 9.27. The topological polar surface area (TPSA) is 43.4 Å². The van der Waals surface area contributed by atoms with E-state index in [0.29, 0.717) is 0 Å². The monoisotopic (exact) mass is 183 g/mol. The molecule has 0 aliphatic carbocycles. The highest BCUT2D eigenvalue weighted by Crippen LogP contribution is 2.23.